The predicted octanol–water partition coefficient (Wildman–Crippen LogP) is 6.18. The largest absolute Gasteiger partial charge is 0.496 e. The molecule has 0 bridgehead atoms. The molecule has 2 aromatic heterocycles. The molecular formula is C26H23ClN2O3. The van der Waals surface area contributed by atoms with Gasteiger partial charge < -0.3 is 14.5 Å². The lowest BCUT2D eigenvalue weighted by atomic mass is 9.96. The van der Waals surface area contributed by atoms with Gasteiger partial charge in [0.15, 0.2) is 0 Å². The minimum atomic E-state index is -0.177. The summed E-state index contributed by atoms with van der Waals surface area (Å²) >= 11 is 6.05. The molecule has 0 aliphatic carbocycles. The Morgan fingerprint density at radius 3 is 2.59 bits per heavy atom. The van der Waals surface area contributed by atoms with Crippen molar-refractivity contribution in [3.8, 4) is 16.9 Å². The van der Waals surface area contributed by atoms with Crippen LogP contribution in [0.25, 0.3) is 27.7 Å². The summed E-state index contributed by atoms with van der Waals surface area (Å²) in [5, 5.41) is 4.54. The highest BCUT2D eigenvalue weighted by Gasteiger charge is 2.18. The fraction of sp³-hybridized carbons (Fsp3) is 0.154. The normalized spacial score (nSPS) is 11.6. The molecule has 1 amide bonds. The van der Waals surface area contributed by atoms with E-state index in [1.807, 2.05) is 56.3 Å². The van der Waals surface area contributed by atoms with Crippen LogP contribution in [0, 0.1) is 6.92 Å². The predicted molar refractivity (Wildman–Crippen MR) is 128 cm³/mol. The van der Waals surface area contributed by atoms with Gasteiger partial charge in [0, 0.05) is 52.1 Å². The van der Waals surface area contributed by atoms with Crippen LogP contribution in [-0.2, 0) is 11.3 Å². The maximum atomic E-state index is 12.5. The van der Waals surface area contributed by atoms with Gasteiger partial charge in [0.1, 0.15) is 11.3 Å². The standard InChI is InChI=1S/C26H23ClN2O3/c1-16(12-24(30)29-14-18-8-10-28-11-9-18)21-13-22-23(19-4-6-20(27)7-5-19)15-32-26(22)17(2)25(21)31-3/h4-13,15H,14H2,1-3H3,(H,29,30)/b16-12+. The number of nitrogens with zero attached hydrogens (tertiary/aromatic N) is 1. The van der Waals surface area contributed by atoms with Crippen LogP contribution in [0.4, 0.5) is 0 Å². The molecule has 162 valence electrons. The first-order valence-corrected chi connectivity index (χ1v) is 10.6. The van der Waals surface area contributed by atoms with Gasteiger partial charge in [-0.05, 0) is 60.9 Å². The van der Waals surface area contributed by atoms with Crippen molar-refractivity contribution in [3.05, 3.63) is 88.9 Å². The lowest BCUT2D eigenvalue weighted by molar-refractivity contribution is -0.116. The van der Waals surface area contributed by atoms with E-state index in [0.29, 0.717) is 17.3 Å². The second-order valence-corrected chi connectivity index (χ2v) is 7.95. The number of halogens is 1. The summed E-state index contributed by atoms with van der Waals surface area (Å²) in [5.41, 5.74) is 6.21. The van der Waals surface area contributed by atoms with Crippen molar-refractivity contribution in [2.75, 3.05) is 7.11 Å². The van der Waals surface area contributed by atoms with Crippen molar-refractivity contribution in [3.63, 3.8) is 0 Å². The molecule has 5 nitrogen and oxygen atoms in total. The molecule has 0 saturated carbocycles. The molecule has 0 aliphatic heterocycles. The van der Waals surface area contributed by atoms with E-state index in [1.54, 1.807) is 31.8 Å². The minimum Gasteiger partial charge on any atom is -0.496 e. The third kappa shape index (κ3) is 4.39. The number of aryl methyl sites for hydroxylation is 1. The topological polar surface area (TPSA) is 64.4 Å². The van der Waals surface area contributed by atoms with Gasteiger partial charge in [0.25, 0.3) is 0 Å². The first-order chi connectivity index (χ1) is 15.5. The van der Waals surface area contributed by atoms with Crippen LogP contribution in [-0.4, -0.2) is 18.0 Å². The first-order valence-electron chi connectivity index (χ1n) is 10.2. The molecule has 2 aromatic carbocycles. The Morgan fingerprint density at radius 2 is 1.91 bits per heavy atom. The van der Waals surface area contributed by atoms with Gasteiger partial charge in [-0.15, -0.1) is 0 Å². The van der Waals surface area contributed by atoms with E-state index in [0.717, 1.165) is 44.4 Å². The summed E-state index contributed by atoms with van der Waals surface area (Å²) in [4.78, 5) is 16.5. The third-order valence-corrected chi connectivity index (χ3v) is 5.64. The third-order valence-electron chi connectivity index (χ3n) is 5.39. The Kier molecular flexibility index (Phi) is 6.28. The first kappa shape index (κ1) is 21.7. The van der Waals surface area contributed by atoms with Crippen LogP contribution in [0.1, 0.15) is 23.6 Å². The maximum absolute atomic E-state index is 12.5. The summed E-state index contributed by atoms with van der Waals surface area (Å²) in [6, 6.07) is 13.4. The number of carbonyl (C=O) groups excluding carboxylic acids is 1. The Balaban J connectivity index is 1.70. The van der Waals surface area contributed by atoms with Gasteiger partial charge in [-0.3, -0.25) is 9.78 Å². The van der Waals surface area contributed by atoms with Crippen molar-refractivity contribution in [2.45, 2.75) is 20.4 Å². The quantitative estimate of drug-likeness (QED) is 0.359. The number of ether oxygens (including phenoxy) is 1. The van der Waals surface area contributed by atoms with Crippen molar-refractivity contribution in [1.82, 2.24) is 10.3 Å². The van der Waals surface area contributed by atoms with Gasteiger partial charge in [-0.2, -0.15) is 0 Å². The molecule has 1 N–H and O–H groups in total. The zero-order valence-corrected chi connectivity index (χ0v) is 18.9. The number of benzene rings is 2. The maximum Gasteiger partial charge on any atom is 0.244 e. The van der Waals surface area contributed by atoms with Crippen LogP contribution in [0.2, 0.25) is 5.02 Å². The molecule has 32 heavy (non-hydrogen) atoms. The number of allylic oxidation sites excluding steroid dienone is 1. The number of pyridine rings is 1. The van der Waals surface area contributed by atoms with Crippen LogP contribution in [0.15, 0.2) is 71.6 Å². The van der Waals surface area contributed by atoms with E-state index in [1.165, 1.54) is 0 Å². The van der Waals surface area contributed by atoms with Crippen LogP contribution < -0.4 is 10.1 Å². The van der Waals surface area contributed by atoms with Crippen molar-refractivity contribution < 1.29 is 13.9 Å². The number of amides is 1. The summed E-state index contributed by atoms with van der Waals surface area (Å²) < 4.78 is 11.6. The Hall–Kier alpha value is -3.57. The van der Waals surface area contributed by atoms with Gasteiger partial charge in [0.2, 0.25) is 5.91 Å². The minimum absolute atomic E-state index is 0.177. The Morgan fingerprint density at radius 1 is 1.19 bits per heavy atom. The fourth-order valence-electron chi connectivity index (χ4n) is 3.74. The molecule has 0 fully saturated rings. The van der Waals surface area contributed by atoms with Crippen molar-refractivity contribution in [2.24, 2.45) is 0 Å². The second kappa shape index (κ2) is 9.28. The van der Waals surface area contributed by atoms with E-state index in [-0.39, 0.29) is 5.91 Å². The van der Waals surface area contributed by atoms with Crippen molar-refractivity contribution in [1.29, 1.82) is 0 Å². The van der Waals surface area contributed by atoms with E-state index in [2.05, 4.69) is 10.3 Å². The monoisotopic (exact) mass is 446 g/mol. The molecule has 0 spiro atoms. The molecular weight excluding hydrogens is 424 g/mol. The van der Waals surface area contributed by atoms with Crippen molar-refractivity contribution >= 4 is 34.1 Å². The summed E-state index contributed by atoms with van der Waals surface area (Å²) in [7, 11) is 1.62. The van der Waals surface area contributed by atoms with E-state index in [4.69, 9.17) is 20.8 Å². The number of methoxy groups -OCH3 is 1. The molecule has 0 unspecified atom stereocenters. The molecule has 0 saturated heterocycles. The zero-order chi connectivity index (χ0) is 22.7. The molecule has 0 radical (unpaired) electrons. The highest BCUT2D eigenvalue weighted by molar-refractivity contribution is 6.30. The summed E-state index contributed by atoms with van der Waals surface area (Å²) in [6.45, 7) is 4.29. The number of fused-ring (bicyclic) bond motifs is 1. The number of furan rings is 1. The number of nitrogens with one attached hydrogen (secondary N) is 1. The molecule has 0 aliphatic rings. The number of hydrogen-bond acceptors (Lipinski definition) is 4. The average molecular weight is 447 g/mol. The lowest BCUT2D eigenvalue weighted by Gasteiger charge is -2.13. The summed E-state index contributed by atoms with van der Waals surface area (Å²) in [6.07, 6.45) is 6.74. The highest BCUT2D eigenvalue weighted by Crippen LogP contribution is 2.40. The van der Waals surface area contributed by atoms with Gasteiger partial charge in [-0.25, -0.2) is 0 Å². The van der Waals surface area contributed by atoms with Crippen LogP contribution >= 0.6 is 11.6 Å². The Bertz CT molecular complexity index is 1290. The van der Waals surface area contributed by atoms with Gasteiger partial charge >= 0.3 is 0 Å². The SMILES string of the molecule is COc1c(/C(C)=C/C(=O)NCc2ccncc2)cc2c(-c3ccc(Cl)cc3)coc2c1C. The van der Waals surface area contributed by atoms with Crippen LogP contribution in [0.5, 0.6) is 5.75 Å². The van der Waals surface area contributed by atoms with E-state index >= 15 is 0 Å². The Labute approximate surface area is 191 Å². The molecule has 0 atom stereocenters. The summed E-state index contributed by atoms with van der Waals surface area (Å²) in [5.74, 6) is 0.509. The lowest BCUT2D eigenvalue weighted by Crippen LogP contribution is -2.20. The average Bonchev–Trinajstić information content (AvgIpc) is 3.23. The molecule has 4 aromatic rings. The van der Waals surface area contributed by atoms with E-state index < -0.39 is 0 Å². The smallest absolute Gasteiger partial charge is 0.244 e. The molecule has 6 heteroatoms. The number of aromatic nitrogens is 1. The number of carbonyl (C=O) groups is 1. The molecule has 4 rings (SSSR count). The fourth-order valence-corrected chi connectivity index (χ4v) is 3.87. The highest BCUT2D eigenvalue weighted by atomic mass is 35.5. The number of hydrogen-bond donors (Lipinski definition) is 1. The van der Waals surface area contributed by atoms with Gasteiger partial charge in [0.05, 0.1) is 13.4 Å². The molecule has 2 heterocycles. The van der Waals surface area contributed by atoms with E-state index in [9.17, 15) is 4.79 Å². The number of rotatable bonds is 6. The van der Waals surface area contributed by atoms with Gasteiger partial charge in [-0.1, -0.05) is 23.7 Å². The zero-order valence-electron chi connectivity index (χ0n) is 18.1. The van der Waals surface area contributed by atoms with Crippen LogP contribution in [0.3, 0.4) is 0 Å². The second-order valence-electron chi connectivity index (χ2n) is 7.52.